The van der Waals surface area contributed by atoms with E-state index in [4.69, 9.17) is 0 Å². The van der Waals surface area contributed by atoms with Gasteiger partial charge in [0, 0.05) is 4.47 Å². The molecule has 8 heteroatoms. The van der Waals surface area contributed by atoms with E-state index in [1.165, 1.54) is 0 Å². The molecule has 2 rings (SSSR count). The number of rotatable bonds is 1. The van der Waals surface area contributed by atoms with Crippen molar-refractivity contribution in [2.45, 2.75) is 0 Å². The Labute approximate surface area is 109 Å². The largest absolute Gasteiger partial charge is 0.332 e. The molecule has 0 radical (unpaired) electrons. The Morgan fingerprint density at radius 1 is 1.40 bits per heavy atom. The molecule has 0 bridgehead atoms. The predicted octanol–water partition coefficient (Wildman–Crippen LogP) is 3.76. The van der Waals surface area contributed by atoms with Crippen molar-refractivity contribution in [2.75, 3.05) is 0 Å². The van der Waals surface area contributed by atoms with Gasteiger partial charge in [0.1, 0.15) is 4.47 Å². The van der Waals surface area contributed by atoms with Gasteiger partial charge in [-0.25, -0.2) is 4.98 Å². The van der Waals surface area contributed by atoms with Crippen LogP contribution in [0, 0.1) is 10.1 Å². The lowest BCUT2D eigenvalue weighted by molar-refractivity contribution is -0.384. The summed E-state index contributed by atoms with van der Waals surface area (Å²) in [6.07, 6.45) is 0. The number of hydrogen-bond acceptors (Lipinski definition) is 3. The van der Waals surface area contributed by atoms with Crippen molar-refractivity contribution >= 4 is 64.5 Å². The van der Waals surface area contributed by atoms with Gasteiger partial charge in [0.2, 0.25) is 0 Å². The summed E-state index contributed by atoms with van der Waals surface area (Å²) in [5, 5.41) is 10.9. The van der Waals surface area contributed by atoms with Gasteiger partial charge >= 0.3 is 5.69 Å². The highest BCUT2D eigenvalue weighted by molar-refractivity contribution is 9.13. The van der Waals surface area contributed by atoms with Crippen LogP contribution in [0.2, 0.25) is 0 Å². The molecule has 0 aliphatic rings. The fourth-order valence-corrected chi connectivity index (χ4v) is 2.47. The van der Waals surface area contributed by atoms with Crippen LogP contribution in [0.3, 0.4) is 0 Å². The molecule has 0 atom stereocenters. The van der Waals surface area contributed by atoms with Crippen molar-refractivity contribution in [2.24, 2.45) is 0 Å². The summed E-state index contributed by atoms with van der Waals surface area (Å²) in [5.41, 5.74) is 0.868. The number of benzene rings is 1. The normalized spacial score (nSPS) is 10.9. The lowest BCUT2D eigenvalue weighted by atomic mass is 10.3. The number of fused-ring (bicyclic) bond motifs is 1. The molecular weight excluding hydrogens is 398 g/mol. The molecule has 0 aliphatic heterocycles. The van der Waals surface area contributed by atoms with Crippen molar-refractivity contribution < 1.29 is 4.92 Å². The lowest BCUT2D eigenvalue weighted by Crippen LogP contribution is -1.91. The van der Waals surface area contributed by atoms with E-state index in [-0.39, 0.29) is 5.69 Å². The zero-order valence-corrected chi connectivity index (χ0v) is 11.7. The van der Waals surface area contributed by atoms with Gasteiger partial charge in [-0.15, -0.1) is 0 Å². The number of nitro benzene ring substituents is 1. The standard InChI is InChI=1S/C7H2Br3N3O2/c8-2-1-3-5(12-7(10)11-3)6(4(2)9)13(14)15/h1H,(H,11,12). The van der Waals surface area contributed by atoms with Gasteiger partial charge in [0.05, 0.1) is 10.4 Å². The van der Waals surface area contributed by atoms with Crippen molar-refractivity contribution in [3.05, 3.63) is 29.9 Å². The van der Waals surface area contributed by atoms with Crippen LogP contribution in [0.15, 0.2) is 19.7 Å². The first-order valence-electron chi connectivity index (χ1n) is 3.68. The molecule has 1 N–H and O–H groups in total. The Kier molecular flexibility index (Phi) is 2.82. The summed E-state index contributed by atoms with van der Waals surface area (Å²) in [7, 11) is 0. The molecule has 0 aliphatic carbocycles. The number of nitrogens with one attached hydrogen (secondary N) is 1. The van der Waals surface area contributed by atoms with Gasteiger partial charge in [0.15, 0.2) is 10.3 Å². The van der Waals surface area contributed by atoms with E-state index in [9.17, 15) is 10.1 Å². The van der Waals surface area contributed by atoms with E-state index in [1.807, 2.05) is 0 Å². The topological polar surface area (TPSA) is 71.8 Å². The molecule has 15 heavy (non-hydrogen) atoms. The van der Waals surface area contributed by atoms with Crippen LogP contribution in [0.25, 0.3) is 11.0 Å². The molecular formula is C7H2Br3N3O2. The lowest BCUT2D eigenvalue weighted by Gasteiger charge is -1.98. The van der Waals surface area contributed by atoms with E-state index < -0.39 is 4.92 Å². The van der Waals surface area contributed by atoms with Gasteiger partial charge in [-0.1, -0.05) is 0 Å². The van der Waals surface area contributed by atoms with E-state index in [2.05, 4.69) is 57.8 Å². The van der Waals surface area contributed by atoms with Crippen molar-refractivity contribution in [1.29, 1.82) is 0 Å². The third-order valence-corrected chi connectivity index (χ3v) is 4.13. The van der Waals surface area contributed by atoms with E-state index in [0.717, 1.165) is 0 Å². The van der Waals surface area contributed by atoms with E-state index >= 15 is 0 Å². The number of H-pyrrole nitrogens is 1. The number of aromatic amines is 1. The highest BCUT2D eigenvalue weighted by Crippen LogP contribution is 2.38. The molecule has 0 fully saturated rings. The SMILES string of the molecule is O=[N+]([O-])c1c(Br)c(Br)cc2[nH]c(Br)nc12. The van der Waals surface area contributed by atoms with Crippen molar-refractivity contribution in [3.8, 4) is 0 Å². The minimum atomic E-state index is -0.468. The average molecular weight is 400 g/mol. The minimum Gasteiger partial charge on any atom is -0.332 e. The molecule has 0 saturated carbocycles. The summed E-state index contributed by atoms with van der Waals surface area (Å²) < 4.78 is 1.46. The monoisotopic (exact) mass is 397 g/mol. The molecule has 0 amide bonds. The molecule has 2 aromatic rings. The van der Waals surface area contributed by atoms with Gasteiger partial charge in [0.25, 0.3) is 0 Å². The van der Waals surface area contributed by atoms with E-state index in [1.54, 1.807) is 6.07 Å². The third kappa shape index (κ3) is 1.81. The molecule has 1 heterocycles. The second-order valence-corrected chi connectivity index (χ2v) is 5.10. The quantitative estimate of drug-likeness (QED) is 0.586. The number of hydrogen-bond donors (Lipinski definition) is 1. The second-order valence-electron chi connectivity index (χ2n) is 2.70. The summed E-state index contributed by atoms with van der Waals surface area (Å²) in [6.45, 7) is 0. The minimum absolute atomic E-state index is 0.0543. The highest BCUT2D eigenvalue weighted by atomic mass is 79.9. The first kappa shape index (κ1) is 11.0. The number of imidazole rings is 1. The Morgan fingerprint density at radius 2 is 2.07 bits per heavy atom. The summed E-state index contributed by atoms with van der Waals surface area (Å²) in [5.74, 6) is 0. The Bertz CT molecular complexity index is 566. The Hall–Kier alpha value is -0.470. The number of nitrogens with zero attached hydrogens (tertiary/aromatic N) is 2. The summed E-state index contributed by atoms with van der Waals surface area (Å²) >= 11 is 9.52. The van der Waals surface area contributed by atoms with Crippen molar-refractivity contribution in [3.63, 3.8) is 0 Å². The van der Waals surface area contributed by atoms with Gasteiger partial charge in [-0.2, -0.15) is 0 Å². The molecule has 78 valence electrons. The maximum Gasteiger partial charge on any atom is 0.312 e. The molecule has 0 saturated heterocycles. The van der Waals surface area contributed by atoms with Crippen LogP contribution in [0.5, 0.6) is 0 Å². The molecule has 1 aromatic carbocycles. The van der Waals surface area contributed by atoms with Crippen LogP contribution in [0.1, 0.15) is 0 Å². The first-order chi connectivity index (χ1) is 7.00. The van der Waals surface area contributed by atoms with Crippen LogP contribution in [-0.4, -0.2) is 14.9 Å². The van der Waals surface area contributed by atoms with Crippen LogP contribution >= 0.6 is 47.8 Å². The second kappa shape index (κ2) is 3.84. The maximum absolute atomic E-state index is 10.9. The highest BCUT2D eigenvalue weighted by Gasteiger charge is 2.22. The molecule has 1 aromatic heterocycles. The first-order valence-corrected chi connectivity index (χ1v) is 6.06. The fourth-order valence-electron chi connectivity index (χ4n) is 1.22. The number of halogens is 3. The maximum atomic E-state index is 10.9. The molecule has 0 unspecified atom stereocenters. The zero-order valence-electron chi connectivity index (χ0n) is 6.92. The van der Waals surface area contributed by atoms with Crippen LogP contribution < -0.4 is 0 Å². The van der Waals surface area contributed by atoms with E-state index in [0.29, 0.717) is 24.7 Å². The third-order valence-electron chi connectivity index (χ3n) is 1.80. The summed E-state index contributed by atoms with van der Waals surface area (Å²) in [4.78, 5) is 17.3. The molecule has 0 spiro atoms. The van der Waals surface area contributed by atoms with Crippen LogP contribution in [-0.2, 0) is 0 Å². The number of aromatic nitrogens is 2. The van der Waals surface area contributed by atoms with Crippen molar-refractivity contribution in [1.82, 2.24) is 9.97 Å². The zero-order chi connectivity index (χ0) is 11.2. The van der Waals surface area contributed by atoms with Gasteiger partial charge in [-0.3, -0.25) is 10.1 Å². The summed E-state index contributed by atoms with van der Waals surface area (Å²) in [6, 6.07) is 1.73. The smallest absolute Gasteiger partial charge is 0.312 e. The Morgan fingerprint density at radius 3 is 2.67 bits per heavy atom. The predicted molar refractivity (Wildman–Crippen MR) is 65.8 cm³/mol. The van der Waals surface area contributed by atoms with Gasteiger partial charge in [-0.05, 0) is 53.9 Å². The number of nitro groups is 1. The van der Waals surface area contributed by atoms with Gasteiger partial charge < -0.3 is 4.98 Å². The van der Waals surface area contributed by atoms with Crippen LogP contribution in [0.4, 0.5) is 5.69 Å². The molecule has 5 nitrogen and oxygen atoms in total. The average Bonchev–Trinajstić information content (AvgIpc) is 2.46. The Balaban J connectivity index is 2.94. The fraction of sp³-hybridized carbons (Fsp3) is 0.